The lowest BCUT2D eigenvalue weighted by molar-refractivity contribution is -0.152. The number of fused-ring (bicyclic) bond motifs is 1. The molecule has 13 heteroatoms. The topological polar surface area (TPSA) is 151 Å². The highest BCUT2D eigenvalue weighted by Crippen LogP contribution is 2.44. The van der Waals surface area contributed by atoms with Crippen molar-refractivity contribution in [2.45, 2.75) is 92.0 Å². The average molecular weight is 751 g/mol. The maximum Gasteiger partial charge on any atom is 0.414 e. The van der Waals surface area contributed by atoms with Crippen molar-refractivity contribution in [2.24, 2.45) is 0 Å². The third kappa shape index (κ3) is 10.8. The van der Waals surface area contributed by atoms with Gasteiger partial charge in [-0.1, -0.05) is 12.1 Å². The Labute approximate surface area is 317 Å². The van der Waals surface area contributed by atoms with Gasteiger partial charge in [0.15, 0.2) is 19.5 Å². The first kappa shape index (κ1) is 41.7. The number of ether oxygens (including phenoxy) is 7. The number of rotatable bonds is 15. The van der Waals surface area contributed by atoms with Crippen molar-refractivity contribution in [3.8, 4) is 23.0 Å². The van der Waals surface area contributed by atoms with Crippen molar-refractivity contribution < 1.29 is 52.6 Å². The van der Waals surface area contributed by atoms with Crippen molar-refractivity contribution in [1.82, 2.24) is 0 Å². The molecule has 2 atom stereocenters. The summed E-state index contributed by atoms with van der Waals surface area (Å²) in [6.45, 7) is 15.3. The molecule has 2 amide bonds. The third-order valence-corrected chi connectivity index (χ3v) is 8.98. The molecule has 0 aliphatic carbocycles. The lowest BCUT2D eigenvalue weighted by Gasteiger charge is -2.38. The number of nitrogens with one attached hydrogen (secondary N) is 1. The average Bonchev–Trinajstić information content (AvgIpc) is 3.12. The number of benzene rings is 3. The fourth-order valence-electron chi connectivity index (χ4n) is 5.97. The highest BCUT2D eigenvalue weighted by atomic mass is 16.7. The van der Waals surface area contributed by atoms with E-state index in [9.17, 15) is 19.5 Å². The Kier molecular flexibility index (Phi) is 13.8. The number of nitrogens with zero attached hydrogens (tertiary/aromatic N) is 1. The minimum Gasteiger partial charge on any atom is -0.489 e. The summed E-state index contributed by atoms with van der Waals surface area (Å²) in [5.74, 6) is 1.37. The molecule has 4 rings (SSSR count). The van der Waals surface area contributed by atoms with Crippen LogP contribution in [0.5, 0.6) is 23.0 Å². The molecule has 294 valence electrons. The zero-order chi connectivity index (χ0) is 39.8. The van der Waals surface area contributed by atoms with Crippen LogP contribution in [0.4, 0.5) is 16.2 Å². The summed E-state index contributed by atoms with van der Waals surface area (Å²) in [5, 5.41) is 12.9. The summed E-state index contributed by atoms with van der Waals surface area (Å²) >= 11 is 0. The smallest absolute Gasteiger partial charge is 0.414 e. The van der Waals surface area contributed by atoms with Gasteiger partial charge in [-0.25, -0.2) is 9.59 Å². The fraction of sp³-hybridized carbons (Fsp3) is 0.488. The van der Waals surface area contributed by atoms with Crippen molar-refractivity contribution in [2.75, 3.05) is 51.0 Å². The first-order valence-electron chi connectivity index (χ1n) is 18.0. The van der Waals surface area contributed by atoms with Gasteiger partial charge in [-0.05, 0) is 115 Å². The van der Waals surface area contributed by atoms with Crippen LogP contribution in [0.25, 0.3) is 0 Å². The standard InChI is InChI=1S/C41H54N2O11/c1-11-49-38(46)34(44)20-28-12-14-29(15-13-28)50-22-35(45)42-32-17-16-30(21-33(32)43(9)39(47)54-40(5,6)7)51-23-41(8)19-18-31-27(4)36(52-24-48-10)25(2)26(3)37(31)53-41/h12-17,21,34,44H,11,18-20,22-24H2,1-10H3,(H,42,45). The minimum absolute atomic E-state index is 0.0822. The van der Waals surface area contributed by atoms with Crippen LogP contribution < -0.4 is 29.2 Å². The molecule has 13 nitrogen and oxygen atoms in total. The van der Waals surface area contributed by atoms with Gasteiger partial charge in [0.2, 0.25) is 0 Å². The number of carbonyl (C=O) groups is 3. The molecule has 2 N–H and O–H groups in total. The highest BCUT2D eigenvalue weighted by molar-refractivity contribution is 5.99. The molecular weight excluding hydrogens is 696 g/mol. The number of methoxy groups -OCH3 is 1. The van der Waals surface area contributed by atoms with Gasteiger partial charge in [0.05, 0.1) is 18.0 Å². The van der Waals surface area contributed by atoms with Gasteiger partial charge in [0.25, 0.3) is 5.91 Å². The number of aliphatic hydroxyl groups is 1. The van der Waals surface area contributed by atoms with Gasteiger partial charge in [-0.3, -0.25) is 9.69 Å². The van der Waals surface area contributed by atoms with E-state index in [0.717, 1.165) is 40.2 Å². The van der Waals surface area contributed by atoms with Crippen LogP contribution in [-0.2, 0) is 36.6 Å². The lowest BCUT2D eigenvalue weighted by Crippen LogP contribution is -2.42. The first-order valence-corrected chi connectivity index (χ1v) is 18.0. The van der Waals surface area contributed by atoms with Gasteiger partial charge in [0, 0.05) is 32.2 Å². The predicted octanol–water partition coefficient (Wildman–Crippen LogP) is 6.61. The summed E-state index contributed by atoms with van der Waals surface area (Å²) < 4.78 is 40.1. The van der Waals surface area contributed by atoms with Crippen molar-refractivity contribution in [3.05, 3.63) is 70.3 Å². The van der Waals surface area contributed by atoms with Gasteiger partial charge >= 0.3 is 12.1 Å². The molecule has 0 spiro atoms. The third-order valence-electron chi connectivity index (χ3n) is 8.98. The van der Waals surface area contributed by atoms with E-state index in [0.29, 0.717) is 34.9 Å². The number of hydrogen-bond acceptors (Lipinski definition) is 11. The van der Waals surface area contributed by atoms with Crippen molar-refractivity contribution in [1.29, 1.82) is 0 Å². The zero-order valence-electron chi connectivity index (χ0n) is 33.0. The second kappa shape index (κ2) is 17.9. The van der Waals surface area contributed by atoms with E-state index in [-0.39, 0.29) is 33.0 Å². The molecule has 0 radical (unpaired) electrons. The Morgan fingerprint density at radius 1 is 0.981 bits per heavy atom. The number of esters is 1. The quantitative estimate of drug-likeness (QED) is 0.128. The van der Waals surface area contributed by atoms with E-state index in [1.165, 1.54) is 4.90 Å². The predicted molar refractivity (Wildman–Crippen MR) is 204 cm³/mol. The molecule has 0 fully saturated rings. The SMILES string of the molecule is CCOC(=O)C(O)Cc1ccc(OCC(=O)Nc2ccc(OCC3(C)CCc4c(C)c(OCOC)c(C)c(C)c4O3)cc2N(C)C(=O)OC(C)(C)C)cc1. The molecule has 1 aliphatic heterocycles. The second-order valence-electron chi connectivity index (χ2n) is 14.6. The summed E-state index contributed by atoms with van der Waals surface area (Å²) in [6.07, 6.45) is -0.340. The molecule has 3 aromatic carbocycles. The minimum atomic E-state index is -1.28. The maximum atomic E-state index is 13.2. The number of carbonyl (C=O) groups excluding carboxylic acids is 3. The fourth-order valence-corrected chi connectivity index (χ4v) is 5.97. The Morgan fingerprint density at radius 2 is 1.67 bits per heavy atom. The highest BCUT2D eigenvalue weighted by Gasteiger charge is 2.36. The summed E-state index contributed by atoms with van der Waals surface area (Å²) in [4.78, 5) is 39.3. The van der Waals surface area contributed by atoms with E-state index in [1.54, 1.807) is 84.3 Å². The molecule has 0 saturated heterocycles. The molecule has 1 aliphatic rings. The van der Waals surface area contributed by atoms with Crippen LogP contribution in [0.2, 0.25) is 0 Å². The van der Waals surface area contributed by atoms with E-state index in [2.05, 4.69) is 5.32 Å². The number of hydrogen-bond donors (Lipinski definition) is 2. The van der Waals surface area contributed by atoms with Gasteiger partial charge in [0.1, 0.15) is 40.8 Å². The van der Waals surface area contributed by atoms with Crippen LogP contribution in [-0.4, -0.2) is 81.2 Å². The van der Waals surface area contributed by atoms with E-state index >= 15 is 0 Å². The normalized spacial score (nSPS) is 15.6. The Morgan fingerprint density at radius 3 is 2.31 bits per heavy atom. The Bertz CT molecular complexity index is 1800. The molecular formula is C41H54N2O11. The van der Waals surface area contributed by atoms with Gasteiger partial charge in [-0.15, -0.1) is 0 Å². The summed E-state index contributed by atoms with van der Waals surface area (Å²) in [5.41, 5.74) is 4.13. The van der Waals surface area contributed by atoms with Crippen LogP contribution in [0, 0.1) is 20.8 Å². The van der Waals surface area contributed by atoms with E-state index < -0.39 is 35.3 Å². The molecule has 1 heterocycles. The Balaban J connectivity index is 1.47. The lowest BCUT2D eigenvalue weighted by atomic mass is 9.87. The number of amides is 2. The number of aliphatic hydroxyl groups excluding tert-OH is 1. The van der Waals surface area contributed by atoms with E-state index in [4.69, 9.17) is 33.2 Å². The van der Waals surface area contributed by atoms with Crippen LogP contribution in [0.15, 0.2) is 42.5 Å². The van der Waals surface area contributed by atoms with Crippen molar-refractivity contribution in [3.63, 3.8) is 0 Å². The first-order chi connectivity index (χ1) is 25.4. The molecule has 54 heavy (non-hydrogen) atoms. The zero-order valence-corrected chi connectivity index (χ0v) is 33.0. The Hall–Kier alpha value is -5.01. The molecule has 0 saturated carbocycles. The molecule has 3 aromatic rings. The molecule has 0 bridgehead atoms. The monoisotopic (exact) mass is 750 g/mol. The largest absolute Gasteiger partial charge is 0.489 e. The van der Waals surface area contributed by atoms with Crippen molar-refractivity contribution >= 4 is 29.3 Å². The maximum absolute atomic E-state index is 13.2. The van der Waals surface area contributed by atoms with Gasteiger partial charge in [-0.2, -0.15) is 0 Å². The number of anilines is 2. The summed E-state index contributed by atoms with van der Waals surface area (Å²) in [7, 11) is 3.15. The van der Waals surface area contributed by atoms with Crippen LogP contribution in [0.3, 0.4) is 0 Å². The van der Waals surface area contributed by atoms with Gasteiger partial charge < -0.3 is 43.6 Å². The molecule has 2 unspecified atom stereocenters. The second-order valence-corrected chi connectivity index (χ2v) is 14.6. The van der Waals surface area contributed by atoms with Crippen LogP contribution >= 0.6 is 0 Å². The van der Waals surface area contributed by atoms with E-state index in [1.807, 2.05) is 27.7 Å². The van der Waals surface area contributed by atoms with Crippen LogP contribution in [0.1, 0.15) is 68.9 Å². The summed E-state index contributed by atoms with van der Waals surface area (Å²) in [6, 6.07) is 11.7. The molecule has 0 aromatic heterocycles.